The van der Waals surface area contributed by atoms with Gasteiger partial charge in [-0.05, 0) is 54.4 Å². The normalized spacial score (nSPS) is 12.9. The van der Waals surface area contributed by atoms with Gasteiger partial charge in [-0.1, -0.05) is 6.07 Å². The Morgan fingerprint density at radius 1 is 1.16 bits per heavy atom. The number of hydrogen-bond donors (Lipinski definition) is 2. The topological polar surface area (TPSA) is 41.1 Å². The Balaban J connectivity index is 0.00000225. The van der Waals surface area contributed by atoms with Crippen molar-refractivity contribution >= 4 is 35.8 Å². The van der Waals surface area contributed by atoms with Crippen LogP contribution in [0.4, 0.5) is 14.5 Å². The first-order valence-electron chi connectivity index (χ1n) is 7.82. The molecule has 0 saturated carbocycles. The number of fused-ring (bicyclic) bond motifs is 1. The highest BCUT2D eigenvalue weighted by molar-refractivity contribution is 7.99. The quantitative estimate of drug-likeness (QED) is 0.761. The molecule has 2 N–H and O–H groups in total. The van der Waals surface area contributed by atoms with E-state index in [1.165, 1.54) is 23.9 Å². The maximum Gasteiger partial charge on any atom is 0.225 e. The maximum atomic E-state index is 14.5. The molecular weight excluding hydrogens is 366 g/mol. The molecule has 25 heavy (non-hydrogen) atoms. The summed E-state index contributed by atoms with van der Waals surface area (Å²) < 4.78 is 27.3. The first-order valence-corrected chi connectivity index (χ1v) is 8.81. The van der Waals surface area contributed by atoms with E-state index in [1.807, 2.05) is 6.07 Å². The predicted molar refractivity (Wildman–Crippen MR) is 99.4 cm³/mol. The SMILES string of the molecule is Cl.O=C(CCSc1ccc(F)cc1)Nc1ccc2c(c1F)CCNC2. The predicted octanol–water partition coefficient (Wildman–Crippen LogP) is 4.15. The van der Waals surface area contributed by atoms with Crippen molar-refractivity contribution in [2.75, 3.05) is 17.6 Å². The molecule has 0 bridgehead atoms. The Kier molecular flexibility index (Phi) is 7.23. The van der Waals surface area contributed by atoms with E-state index in [9.17, 15) is 13.6 Å². The minimum absolute atomic E-state index is 0. The molecule has 0 saturated heterocycles. The molecule has 0 radical (unpaired) electrons. The van der Waals surface area contributed by atoms with Crippen molar-refractivity contribution in [1.29, 1.82) is 0 Å². The largest absolute Gasteiger partial charge is 0.324 e. The van der Waals surface area contributed by atoms with Gasteiger partial charge in [0.05, 0.1) is 5.69 Å². The second-order valence-corrected chi connectivity index (χ2v) is 6.76. The summed E-state index contributed by atoms with van der Waals surface area (Å²) in [7, 11) is 0. The molecule has 3 nitrogen and oxygen atoms in total. The molecule has 0 aromatic heterocycles. The van der Waals surface area contributed by atoms with Crippen molar-refractivity contribution in [3.8, 4) is 0 Å². The Hall–Kier alpha value is -1.63. The van der Waals surface area contributed by atoms with Crippen molar-refractivity contribution in [3.05, 3.63) is 59.2 Å². The number of anilines is 1. The first kappa shape index (κ1) is 19.7. The number of thioether (sulfide) groups is 1. The molecular formula is C18H19ClF2N2OS. The minimum Gasteiger partial charge on any atom is -0.324 e. The molecule has 2 aromatic rings. The fraction of sp³-hybridized carbons (Fsp3) is 0.278. The van der Waals surface area contributed by atoms with Gasteiger partial charge in [-0.15, -0.1) is 24.2 Å². The number of nitrogens with one attached hydrogen (secondary N) is 2. The van der Waals surface area contributed by atoms with Crippen LogP contribution < -0.4 is 10.6 Å². The fourth-order valence-corrected chi connectivity index (χ4v) is 3.49. The summed E-state index contributed by atoms with van der Waals surface area (Å²) in [5.74, 6) is -0.283. The van der Waals surface area contributed by atoms with Crippen LogP contribution in [0.3, 0.4) is 0 Å². The summed E-state index contributed by atoms with van der Waals surface area (Å²) in [4.78, 5) is 12.9. The lowest BCUT2D eigenvalue weighted by molar-refractivity contribution is -0.115. The van der Waals surface area contributed by atoms with E-state index in [0.29, 0.717) is 24.3 Å². The number of hydrogen-bond acceptors (Lipinski definition) is 3. The lowest BCUT2D eigenvalue weighted by Gasteiger charge is -2.19. The molecule has 0 fully saturated rings. The van der Waals surface area contributed by atoms with Crippen LogP contribution in [0, 0.1) is 11.6 Å². The molecule has 0 spiro atoms. The van der Waals surface area contributed by atoms with Gasteiger partial charge in [0.2, 0.25) is 5.91 Å². The highest BCUT2D eigenvalue weighted by Crippen LogP contribution is 2.25. The smallest absolute Gasteiger partial charge is 0.225 e. The summed E-state index contributed by atoms with van der Waals surface area (Å²) in [5, 5.41) is 5.84. The van der Waals surface area contributed by atoms with Crippen LogP contribution in [0.1, 0.15) is 17.5 Å². The van der Waals surface area contributed by atoms with Gasteiger partial charge < -0.3 is 10.6 Å². The number of carbonyl (C=O) groups excluding carboxylic acids is 1. The molecule has 1 amide bonds. The van der Waals surface area contributed by atoms with Gasteiger partial charge in [-0.2, -0.15) is 0 Å². The van der Waals surface area contributed by atoms with Crippen molar-refractivity contribution in [2.45, 2.75) is 24.3 Å². The van der Waals surface area contributed by atoms with Gasteiger partial charge in [-0.3, -0.25) is 4.79 Å². The number of amides is 1. The van der Waals surface area contributed by atoms with Gasteiger partial charge in [0.25, 0.3) is 0 Å². The summed E-state index contributed by atoms with van der Waals surface area (Å²) in [5.41, 5.74) is 1.88. The molecule has 1 aliphatic heterocycles. The van der Waals surface area contributed by atoms with E-state index < -0.39 is 0 Å². The van der Waals surface area contributed by atoms with Crippen LogP contribution in [-0.4, -0.2) is 18.2 Å². The van der Waals surface area contributed by atoms with Crippen LogP contribution in [0.25, 0.3) is 0 Å². The van der Waals surface area contributed by atoms with E-state index in [-0.39, 0.29) is 42.1 Å². The number of rotatable bonds is 5. The van der Waals surface area contributed by atoms with E-state index in [4.69, 9.17) is 0 Å². The second-order valence-electron chi connectivity index (χ2n) is 5.59. The van der Waals surface area contributed by atoms with Crippen LogP contribution >= 0.6 is 24.2 Å². The Morgan fingerprint density at radius 2 is 1.92 bits per heavy atom. The first-order chi connectivity index (χ1) is 11.6. The average Bonchev–Trinajstić information content (AvgIpc) is 2.59. The van der Waals surface area contributed by atoms with Crippen LogP contribution in [0.2, 0.25) is 0 Å². The number of carbonyl (C=O) groups is 1. The zero-order valence-electron chi connectivity index (χ0n) is 13.5. The van der Waals surface area contributed by atoms with Crippen molar-refractivity contribution in [3.63, 3.8) is 0 Å². The van der Waals surface area contributed by atoms with E-state index in [0.717, 1.165) is 17.0 Å². The van der Waals surface area contributed by atoms with E-state index in [2.05, 4.69) is 10.6 Å². The number of benzene rings is 2. The monoisotopic (exact) mass is 384 g/mol. The Bertz CT molecular complexity index is 741. The third-order valence-electron chi connectivity index (χ3n) is 3.89. The summed E-state index contributed by atoms with van der Waals surface area (Å²) in [6, 6.07) is 9.60. The summed E-state index contributed by atoms with van der Waals surface area (Å²) in [6.45, 7) is 1.41. The molecule has 7 heteroatoms. The maximum absolute atomic E-state index is 14.5. The van der Waals surface area contributed by atoms with E-state index >= 15 is 0 Å². The standard InChI is InChI=1S/C18H18F2N2OS.ClH/c19-13-2-4-14(5-3-13)24-10-8-17(23)22-16-6-1-12-11-21-9-7-15(12)18(16)20;/h1-6,21H,7-11H2,(H,22,23);1H. The Morgan fingerprint density at radius 3 is 2.68 bits per heavy atom. The molecule has 1 aliphatic rings. The highest BCUT2D eigenvalue weighted by atomic mass is 35.5. The molecule has 1 heterocycles. The molecule has 134 valence electrons. The molecule has 0 atom stereocenters. The number of halogens is 3. The van der Waals surface area contributed by atoms with Gasteiger partial charge in [0.15, 0.2) is 0 Å². The second kappa shape index (κ2) is 9.17. The molecule has 0 aliphatic carbocycles. The summed E-state index contributed by atoms with van der Waals surface area (Å²) >= 11 is 1.47. The molecule has 2 aromatic carbocycles. The van der Waals surface area contributed by atoms with Crippen LogP contribution in [0.15, 0.2) is 41.3 Å². The van der Waals surface area contributed by atoms with Crippen LogP contribution in [0.5, 0.6) is 0 Å². The van der Waals surface area contributed by atoms with Gasteiger partial charge in [0.1, 0.15) is 11.6 Å². The fourth-order valence-electron chi connectivity index (χ4n) is 2.64. The lowest BCUT2D eigenvalue weighted by Crippen LogP contribution is -2.25. The Labute approximate surface area is 156 Å². The third-order valence-corrected chi connectivity index (χ3v) is 4.91. The average molecular weight is 385 g/mol. The molecule has 3 rings (SSSR count). The zero-order valence-corrected chi connectivity index (χ0v) is 15.1. The zero-order chi connectivity index (χ0) is 16.9. The van der Waals surface area contributed by atoms with E-state index in [1.54, 1.807) is 18.2 Å². The highest BCUT2D eigenvalue weighted by Gasteiger charge is 2.17. The minimum atomic E-state index is -0.325. The summed E-state index contributed by atoms with van der Waals surface area (Å²) in [6.07, 6.45) is 0.894. The van der Waals surface area contributed by atoms with Crippen molar-refractivity contribution < 1.29 is 13.6 Å². The van der Waals surface area contributed by atoms with Gasteiger partial charge in [-0.25, -0.2) is 8.78 Å². The molecule has 0 unspecified atom stereocenters. The lowest BCUT2D eigenvalue weighted by atomic mass is 9.99. The van der Waals surface area contributed by atoms with Gasteiger partial charge in [0, 0.05) is 23.6 Å². The van der Waals surface area contributed by atoms with Crippen LogP contribution in [-0.2, 0) is 17.8 Å². The van der Waals surface area contributed by atoms with Crippen molar-refractivity contribution in [2.24, 2.45) is 0 Å². The van der Waals surface area contributed by atoms with Gasteiger partial charge >= 0.3 is 0 Å². The van der Waals surface area contributed by atoms with Crippen molar-refractivity contribution in [1.82, 2.24) is 5.32 Å². The third kappa shape index (κ3) is 5.17.